The van der Waals surface area contributed by atoms with E-state index in [9.17, 15) is 21.6 Å². The van der Waals surface area contributed by atoms with E-state index in [1.165, 1.54) is 6.07 Å². The maximum absolute atomic E-state index is 12.7. The average Bonchev–Trinajstić information content (AvgIpc) is 2.36. The second-order valence-corrected chi connectivity index (χ2v) is 7.95. The maximum Gasteiger partial charge on any atom is 0.433 e. The number of fused-ring (bicyclic) bond motifs is 2. The highest BCUT2D eigenvalue weighted by atomic mass is 32.2. The molecule has 3 nitrogen and oxygen atoms in total. The number of pyridine rings is 1. The molecule has 0 radical (unpaired) electrons. The third kappa shape index (κ3) is 2.59. The molecule has 2 bridgehead atoms. The van der Waals surface area contributed by atoms with E-state index >= 15 is 0 Å². The molecule has 0 aliphatic carbocycles. The number of hydrogen-bond acceptors (Lipinski definition) is 3. The van der Waals surface area contributed by atoms with Crippen molar-refractivity contribution in [3.05, 3.63) is 35.7 Å². The Morgan fingerprint density at radius 3 is 2.67 bits per heavy atom. The topological polar surface area (TPSA) is 47.0 Å². The van der Waals surface area contributed by atoms with Crippen molar-refractivity contribution in [2.45, 2.75) is 42.4 Å². The van der Waals surface area contributed by atoms with Crippen molar-refractivity contribution in [3.8, 4) is 0 Å². The van der Waals surface area contributed by atoms with E-state index in [2.05, 4.69) is 4.98 Å². The second kappa shape index (κ2) is 4.83. The molecule has 2 unspecified atom stereocenters. The van der Waals surface area contributed by atoms with E-state index in [0.29, 0.717) is 30.4 Å². The summed E-state index contributed by atoms with van der Waals surface area (Å²) in [6, 6.07) is 2.51. The molecule has 1 aromatic heterocycles. The molecule has 2 atom stereocenters. The molecule has 1 saturated heterocycles. The second-order valence-electron chi connectivity index (χ2n) is 5.50. The molecule has 2 aliphatic heterocycles. The summed E-state index contributed by atoms with van der Waals surface area (Å²) in [6.07, 6.45) is 0.543. The summed E-state index contributed by atoms with van der Waals surface area (Å²) < 4.78 is 62.5. The van der Waals surface area contributed by atoms with Crippen LogP contribution in [0.3, 0.4) is 0 Å². The molecule has 0 N–H and O–H groups in total. The first-order valence-corrected chi connectivity index (χ1v) is 8.36. The minimum Gasteiger partial charge on any atom is -0.252 e. The van der Waals surface area contributed by atoms with Gasteiger partial charge in [0.25, 0.3) is 0 Å². The lowest BCUT2D eigenvalue weighted by Crippen LogP contribution is -2.38. The van der Waals surface area contributed by atoms with Crippen molar-refractivity contribution in [2.24, 2.45) is 0 Å². The molecule has 3 heterocycles. The predicted octanol–water partition coefficient (Wildman–Crippen LogP) is 3.22. The fourth-order valence-electron chi connectivity index (χ4n) is 3.06. The molecule has 7 heteroatoms. The van der Waals surface area contributed by atoms with Crippen LogP contribution in [0.4, 0.5) is 13.2 Å². The van der Waals surface area contributed by atoms with Crippen LogP contribution in [0.25, 0.3) is 5.57 Å². The summed E-state index contributed by atoms with van der Waals surface area (Å²) in [5.41, 5.74) is 0.163. The average molecular weight is 317 g/mol. The van der Waals surface area contributed by atoms with Gasteiger partial charge in [0.2, 0.25) is 0 Å². The molecule has 3 rings (SSSR count). The zero-order chi connectivity index (χ0) is 15.3. The van der Waals surface area contributed by atoms with Crippen LogP contribution in [0.2, 0.25) is 0 Å². The van der Waals surface area contributed by atoms with Crippen LogP contribution in [0.15, 0.2) is 24.4 Å². The molecular formula is C14H14F3NO2S. The van der Waals surface area contributed by atoms with Crippen LogP contribution in [0, 0.1) is 0 Å². The molecule has 1 aromatic rings. The molecule has 0 spiro atoms. The van der Waals surface area contributed by atoms with Gasteiger partial charge in [-0.1, -0.05) is 12.5 Å². The summed E-state index contributed by atoms with van der Waals surface area (Å²) in [7, 11) is -3.16. The van der Waals surface area contributed by atoms with E-state index in [0.717, 1.165) is 18.7 Å². The van der Waals surface area contributed by atoms with E-state index in [-0.39, 0.29) is 0 Å². The van der Waals surface area contributed by atoms with Crippen LogP contribution < -0.4 is 0 Å². The first kappa shape index (κ1) is 14.6. The highest BCUT2D eigenvalue weighted by molar-refractivity contribution is 7.93. The van der Waals surface area contributed by atoms with Gasteiger partial charge in [0, 0.05) is 6.20 Å². The smallest absolute Gasteiger partial charge is 0.252 e. The first-order valence-electron chi connectivity index (χ1n) is 6.75. The molecule has 0 aromatic carbocycles. The normalized spacial score (nSPS) is 28.0. The lowest BCUT2D eigenvalue weighted by atomic mass is 9.93. The molecule has 114 valence electrons. The Kier molecular flexibility index (Phi) is 3.35. The minimum absolute atomic E-state index is 0.292. The third-order valence-corrected chi connectivity index (χ3v) is 6.70. The van der Waals surface area contributed by atoms with Gasteiger partial charge >= 0.3 is 6.18 Å². The molecule has 21 heavy (non-hydrogen) atoms. The molecule has 0 amide bonds. The summed E-state index contributed by atoms with van der Waals surface area (Å²) in [5.74, 6) is 0. The van der Waals surface area contributed by atoms with Crippen molar-refractivity contribution < 1.29 is 21.6 Å². The highest BCUT2D eigenvalue weighted by Crippen LogP contribution is 2.39. The number of aromatic nitrogens is 1. The zero-order valence-corrected chi connectivity index (χ0v) is 11.9. The Morgan fingerprint density at radius 2 is 2.00 bits per heavy atom. The Bertz CT molecular complexity index is 694. The fourth-order valence-corrected chi connectivity index (χ4v) is 5.31. The molecular weight excluding hydrogens is 303 g/mol. The summed E-state index contributed by atoms with van der Waals surface area (Å²) in [5, 5.41) is -1.01. The maximum atomic E-state index is 12.7. The van der Waals surface area contributed by atoms with Crippen molar-refractivity contribution in [2.75, 3.05) is 0 Å². The zero-order valence-electron chi connectivity index (χ0n) is 11.1. The summed E-state index contributed by atoms with van der Waals surface area (Å²) in [4.78, 5) is 3.34. The van der Waals surface area contributed by atoms with Crippen molar-refractivity contribution in [1.29, 1.82) is 0 Å². The molecule has 0 saturated carbocycles. The quantitative estimate of drug-likeness (QED) is 0.799. The van der Waals surface area contributed by atoms with Crippen LogP contribution >= 0.6 is 0 Å². The van der Waals surface area contributed by atoms with E-state index < -0.39 is 32.2 Å². The van der Waals surface area contributed by atoms with Gasteiger partial charge in [0.15, 0.2) is 9.84 Å². The Labute approximate surface area is 120 Å². The third-order valence-electron chi connectivity index (χ3n) is 4.16. The van der Waals surface area contributed by atoms with Crippen molar-refractivity contribution in [1.82, 2.24) is 4.98 Å². The van der Waals surface area contributed by atoms with E-state index in [1.54, 1.807) is 6.08 Å². The number of hydrogen-bond donors (Lipinski definition) is 0. The molecule has 1 fully saturated rings. The van der Waals surface area contributed by atoms with Gasteiger partial charge < -0.3 is 0 Å². The number of rotatable bonds is 1. The molecule has 2 aliphatic rings. The highest BCUT2D eigenvalue weighted by Gasteiger charge is 2.41. The standard InChI is InChI=1S/C14H14F3NO2S/c15-14(16,17)13-8-9(4-5-18-13)10-6-11-2-1-3-12(7-10)21(11,19)20/h4-6,8,11-12H,1-3,7H2. The van der Waals surface area contributed by atoms with Gasteiger partial charge in [-0.25, -0.2) is 8.42 Å². The van der Waals surface area contributed by atoms with Gasteiger partial charge in [0.1, 0.15) is 5.69 Å². The Balaban J connectivity index is 2.01. The summed E-state index contributed by atoms with van der Waals surface area (Å²) >= 11 is 0. The van der Waals surface area contributed by atoms with Crippen LogP contribution in [0.5, 0.6) is 0 Å². The van der Waals surface area contributed by atoms with Gasteiger partial charge in [0.05, 0.1) is 10.5 Å². The van der Waals surface area contributed by atoms with E-state index in [1.807, 2.05) is 0 Å². The van der Waals surface area contributed by atoms with Crippen LogP contribution in [-0.4, -0.2) is 23.9 Å². The van der Waals surface area contributed by atoms with Gasteiger partial charge in [-0.3, -0.25) is 4.98 Å². The monoisotopic (exact) mass is 317 g/mol. The van der Waals surface area contributed by atoms with Crippen molar-refractivity contribution >= 4 is 15.4 Å². The largest absolute Gasteiger partial charge is 0.433 e. The van der Waals surface area contributed by atoms with Gasteiger partial charge in [-0.2, -0.15) is 13.2 Å². The number of halogens is 3. The lowest BCUT2D eigenvalue weighted by Gasteiger charge is -2.33. The SMILES string of the molecule is O=S1(=O)C2C=C(c3ccnc(C(F)(F)F)c3)CC1CCC2. The number of allylic oxidation sites excluding steroid dienone is 1. The van der Waals surface area contributed by atoms with Crippen LogP contribution in [-0.2, 0) is 16.0 Å². The van der Waals surface area contributed by atoms with Crippen LogP contribution in [0.1, 0.15) is 36.9 Å². The number of sulfone groups is 1. The van der Waals surface area contributed by atoms with Crippen molar-refractivity contribution in [3.63, 3.8) is 0 Å². The van der Waals surface area contributed by atoms with E-state index in [4.69, 9.17) is 0 Å². The predicted molar refractivity (Wildman–Crippen MR) is 72.2 cm³/mol. The number of alkyl halides is 3. The number of nitrogens with zero attached hydrogens (tertiary/aromatic N) is 1. The first-order chi connectivity index (χ1) is 9.78. The lowest BCUT2D eigenvalue weighted by molar-refractivity contribution is -0.141. The Morgan fingerprint density at radius 1 is 1.24 bits per heavy atom. The van der Waals surface area contributed by atoms with Gasteiger partial charge in [-0.05, 0) is 42.5 Å². The minimum atomic E-state index is -4.49. The Hall–Kier alpha value is -1.37. The fraction of sp³-hybridized carbons (Fsp3) is 0.500. The summed E-state index contributed by atoms with van der Waals surface area (Å²) in [6.45, 7) is 0. The van der Waals surface area contributed by atoms with Gasteiger partial charge in [-0.15, -0.1) is 0 Å².